The minimum absolute atomic E-state index is 0.0262. The number of nitrogens with zero attached hydrogens (tertiary/aromatic N) is 4. The number of carbonyl (C=O) groups is 1. The summed E-state index contributed by atoms with van der Waals surface area (Å²) in [5.74, 6) is 1.84. The second-order valence-electron chi connectivity index (χ2n) is 7.05. The van der Waals surface area contributed by atoms with Gasteiger partial charge in [-0.25, -0.2) is 9.78 Å². The zero-order valence-corrected chi connectivity index (χ0v) is 14.9. The average molecular weight is 345 g/mol. The van der Waals surface area contributed by atoms with Crippen LogP contribution < -0.4 is 5.32 Å². The van der Waals surface area contributed by atoms with Crippen LogP contribution in [0.1, 0.15) is 39.0 Å². The van der Waals surface area contributed by atoms with Crippen LogP contribution >= 0.6 is 0 Å². The van der Waals surface area contributed by atoms with E-state index in [4.69, 9.17) is 9.26 Å². The number of nitrogens with one attached hydrogen (secondary N) is 1. The van der Waals surface area contributed by atoms with Crippen molar-refractivity contribution in [1.29, 1.82) is 0 Å². The lowest BCUT2D eigenvalue weighted by atomic mass is 10.1. The minimum atomic E-state index is -0.501. The number of rotatable bonds is 3. The molecule has 2 aromatic heterocycles. The van der Waals surface area contributed by atoms with Crippen molar-refractivity contribution in [3.05, 3.63) is 24.2 Å². The van der Waals surface area contributed by atoms with Gasteiger partial charge >= 0.3 is 6.09 Å². The Morgan fingerprint density at radius 2 is 2.20 bits per heavy atom. The van der Waals surface area contributed by atoms with E-state index in [2.05, 4.69) is 20.4 Å². The van der Waals surface area contributed by atoms with Gasteiger partial charge in [0.25, 0.3) is 0 Å². The summed E-state index contributed by atoms with van der Waals surface area (Å²) in [7, 11) is 1.81. The molecule has 8 nitrogen and oxygen atoms in total. The quantitative estimate of drug-likeness (QED) is 0.914. The van der Waals surface area contributed by atoms with Gasteiger partial charge in [-0.2, -0.15) is 4.98 Å². The van der Waals surface area contributed by atoms with Crippen LogP contribution in [-0.2, 0) is 4.74 Å². The first kappa shape index (κ1) is 17.2. The number of amides is 1. The third kappa shape index (κ3) is 4.07. The molecule has 0 spiro atoms. The molecule has 0 aromatic carbocycles. The summed E-state index contributed by atoms with van der Waals surface area (Å²) < 4.78 is 10.8. The molecule has 0 unspecified atom stereocenters. The molecule has 1 aliphatic heterocycles. The van der Waals surface area contributed by atoms with Crippen molar-refractivity contribution in [2.45, 2.75) is 38.7 Å². The SMILES string of the molecule is CNc1ccc(-c2noc([C@@H]3CCN(C(=O)OC(C)(C)C)C3)n2)cn1. The van der Waals surface area contributed by atoms with E-state index in [0.717, 1.165) is 17.8 Å². The molecular formula is C17H23N5O3. The average Bonchev–Trinajstić information content (AvgIpc) is 3.22. The standard InChI is InChI=1S/C17H23N5O3/c1-17(2,3)24-16(23)22-8-7-12(10-22)15-20-14(21-25-15)11-5-6-13(18-4)19-9-11/h5-6,9,12H,7-8,10H2,1-4H3,(H,18,19)/t12-/m1/s1. The van der Waals surface area contributed by atoms with Crippen LogP contribution in [-0.4, -0.2) is 51.9 Å². The van der Waals surface area contributed by atoms with Crippen molar-refractivity contribution in [1.82, 2.24) is 20.0 Å². The molecule has 1 N–H and O–H groups in total. The first-order valence-electron chi connectivity index (χ1n) is 8.31. The largest absolute Gasteiger partial charge is 0.444 e. The van der Waals surface area contributed by atoms with Crippen LogP contribution in [0.5, 0.6) is 0 Å². The van der Waals surface area contributed by atoms with Gasteiger partial charge in [-0.3, -0.25) is 0 Å². The van der Waals surface area contributed by atoms with Gasteiger partial charge in [0.1, 0.15) is 11.4 Å². The first-order chi connectivity index (χ1) is 11.9. The lowest BCUT2D eigenvalue weighted by molar-refractivity contribution is 0.0291. The fraction of sp³-hybridized carbons (Fsp3) is 0.529. The predicted octanol–water partition coefficient (Wildman–Crippen LogP) is 2.90. The molecule has 1 fully saturated rings. The summed E-state index contributed by atoms with van der Waals surface area (Å²) in [5.41, 5.74) is 0.287. The molecule has 1 saturated heterocycles. The molecule has 1 amide bonds. The summed E-state index contributed by atoms with van der Waals surface area (Å²) in [6.07, 6.45) is 2.17. The Morgan fingerprint density at radius 3 is 2.84 bits per heavy atom. The Labute approximate surface area is 146 Å². The Balaban J connectivity index is 1.66. The topological polar surface area (TPSA) is 93.4 Å². The molecule has 0 bridgehead atoms. The number of ether oxygens (including phenoxy) is 1. The van der Waals surface area contributed by atoms with Gasteiger partial charge in [-0.05, 0) is 39.3 Å². The normalized spacial score (nSPS) is 17.6. The maximum absolute atomic E-state index is 12.1. The molecule has 1 aliphatic rings. The Morgan fingerprint density at radius 1 is 1.40 bits per heavy atom. The molecule has 0 saturated carbocycles. The maximum atomic E-state index is 12.1. The highest BCUT2D eigenvalue weighted by atomic mass is 16.6. The highest BCUT2D eigenvalue weighted by Gasteiger charge is 2.33. The van der Waals surface area contributed by atoms with Crippen molar-refractivity contribution in [2.75, 3.05) is 25.5 Å². The fourth-order valence-corrected chi connectivity index (χ4v) is 2.65. The number of carbonyl (C=O) groups excluding carboxylic acids is 1. The first-order valence-corrected chi connectivity index (χ1v) is 8.31. The monoisotopic (exact) mass is 345 g/mol. The van der Waals surface area contributed by atoms with Crippen LogP contribution in [0.25, 0.3) is 11.4 Å². The minimum Gasteiger partial charge on any atom is -0.444 e. The van der Waals surface area contributed by atoms with Crippen molar-refractivity contribution >= 4 is 11.9 Å². The van der Waals surface area contributed by atoms with E-state index >= 15 is 0 Å². The van der Waals surface area contributed by atoms with Gasteiger partial charge < -0.3 is 19.5 Å². The molecule has 2 aromatic rings. The zero-order chi connectivity index (χ0) is 18.0. The molecule has 134 valence electrons. The van der Waals surface area contributed by atoms with Gasteiger partial charge in [0.2, 0.25) is 11.7 Å². The van der Waals surface area contributed by atoms with Crippen molar-refractivity contribution in [3.63, 3.8) is 0 Å². The summed E-state index contributed by atoms with van der Waals surface area (Å²) in [4.78, 5) is 22.5. The zero-order valence-electron chi connectivity index (χ0n) is 14.9. The Bertz CT molecular complexity index is 735. The predicted molar refractivity (Wildman–Crippen MR) is 92.2 cm³/mol. The number of pyridine rings is 1. The molecule has 8 heteroatoms. The number of hydrogen-bond donors (Lipinski definition) is 1. The Hall–Kier alpha value is -2.64. The van der Waals surface area contributed by atoms with E-state index in [1.165, 1.54) is 0 Å². The maximum Gasteiger partial charge on any atom is 0.410 e. The summed E-state index contributed by atoms with van der Waals surface area (Å²) in [5, 5.41) is 7.00. The third-order valence-electron chi connectivity index (χ3n) is 3.91. The number of hydrogen-bond acceptors (Lipinski definition) is 7. The molecular weight excluding hydrogens is 322 g/mol. The van der Waals surface area contributed by atoms with E-state index in [1.807, 2.05) is 40.0 Å². The smallest absolute Gasteiger partial charge is 0.410 e. The van der Waals surface area contributed by atoms with Gasteiger partial charge in [-0.15, -0.1) is 0 Å². The van der Waals surface area contributed by atoms with Crippen LogP contribution in [0.3, 0.4) is 0 Å². The van der Waals surface area contributed by atoms with Crippen LogP contribution in [0.15, 0.2) is 22.9 Å². The van der Waals surface area contributed by atoms with Crippen molar-refractivity contribution in [2.24, 2.45) is 0 Å². The van der Waals surface area contributed by atoms with E-state index < -0.39 is 5.60 Å². The van der Waals surface area contributed by atoms with E-state index in [0.29, 0.717) is 24.8 Å². The second-order valence-corrected chi connectivity index (χ2v) is 7.05. The van der Waals surface area contributed by atoms with Crippen molar-refractivity contribution in [3.8, 4) is 11.4 Å². The molecule has 3 heterocycles. The lowest BCUT2D eigenvalue weighted by Crippen LogP contribution is -2.35. The highest BCUT2D eigenvalue weighted by molar-refractivity contribution is 5.68. The molecule has 0 radical (unpaired) electrons. The summed E-state index contributed by atoms with van der Waals surface area (Å²) in [6.45, 7) is 6.71. The molecule has 25 heavy (non-hydrogen) atoms. The molecule has 3 rings (SSSR count). The molecule has 1 atom stereocenters. The van der Waals surface area contributed by atoms with E-state index in [9.17, 15) is 4.79 Å². The number of aromatic nitrogens is 3. The van der Waals surface area contributed by atoms with Gasteiger partial charge in [0.05, 0.1) is 5.92 Å². The van der Waals surface area contributed by atoms with E-state index in [1.54, 1.807) is 11.1 Å². The van der Waals surface area contributed by atoms with Gasteiger partial charge in [-0.1, -0.05) is 5.16 Å². The number of anilines is 1. The van der Waals surface area contributed by atoms with Gasteiger partial charge in [0, 0.05) is 31.9 Å². The third-order valence-corrected chi connectivity index (χ3v) is 3.91. The second kappa shape index (κ2) is 6.70. The van der Waals surface area contributed by atoms with E-state index in [-0.39, 0.29) is 12.0 Å². The van der Waals surface area contributed by atoms with Crippen LogP contribution in [0, 0.1) is 0 Å². The molecule has 0 aliphatic carbocycles. The van der Waals surface area contributed by atoms with Crippen LogP contribution in [0.2, 0.25) is 0 Å². The summed E-state index contributed by atoms with van der Waals surface area (Å²) in [6, 6.07) is 3.74. The van der Waals surface area contributed by atoms with Gasteiger partial charge in [0.15, 0.2) is 0 Å². The van der Waals surface area contributed by atoms with Crippen LogP contribution in [0.4, 0.5) is 10.6 Å². The lowest BCUT2D eigenvalue weighted by Gasteiger charge is -2.24. The highest BCUT2D eigenvalue weighted by Crippen LogP contribution is 2.28. The van der Waals surface area contributed by atoms with Crippen molar-refractivity contribution < 1.29 is 14.1 Å². The Kier molecular flexibility index (Phi) is 4.61. The number of likely N-dealkylation sites (tertiary alicyclic amines) is 1. The summed E-state index contributed by atoms with van der Waals surface area (Å²) >= 11 is 0. The fourth-order valence-electron chi connectivity index (χ4n) is 2.65.